The van der Waals surface area contributed by atoms with Gasteiger partial charge in [0.05, 0.1) is 52.9 Å². The largest absolute Gasteiger partial charge is 0.507 e. The Morgan fingerprint density at radius 1 is 0.623 bits per heavy atom. The third kappa shape index (κ3) is 9.51. The summed E-state index contributed by atoms with van der Waals surface area (Å²) in [7, 11) is -4.66. The minimum absolute atomic E-state index is 0.0409. The lowest BCUT2D eigenvalue weighted by atomic mass is 9.84. The highest BCUT2D eigenvalue weighted by atomic mass is 32.2. The molecule has 14 heteroatoms. The Kier molecular flexibility index (Phi) is 12.5. The van der Waals surface area contributed by atoms with Crippen molar-refractivity contribution >= 4 is 21.5 Å². The van der Waals surface area contributed by atoms with E-state index in [-0.39, 0.29) is 16.4 Å². The number of carbonyl (C=O) groups excluding carboxylic acids is 1. The molecule has 2 N–H and O–H groups in total. The summed E-state index contributed by atoms with van der Waals surface area (Å²) >= 11 is 0. The van der Waals surface area contributed by atoms with Gasteiger partial charge in [0.15, 0.2) is 5.78 Å². The predicted molar refractivity (Wildman–Crippen MR) is 198 cm³/mol. The van der Waals surface area contributed by atoms with Gasteiger partial charge in [-0.2, -0.15) is 8.42 Å². The molecule has 1 aliphatic carbocycles. The zero-order valence-corrected chi connectivity index (χ0v) is 31.0. The number of benzene rings is 2. The molecule has 0 radical (unpaired) electrons. The monoisotopic (exact) mass is 750 g/mol. The quantitative estimate of drug-likeness (QED) is 0.325. The first-order chi connectivity index (χ1) is 25.7. The van der Waals surface area contributed by atoms with Crippen molar-refractivity contribution in [3.8, 4) is 5.75 Å². The van der Waals surface area contributed by atoms with Crippen LogP contribution in [0, 0.1) is 0 Å². The van der Waals surface area contributed by atoms with Crippen molar-refractivity contribution in [1.29, 1.82) is 0 Å². The average Bonchev–Trinajstić information content (AvgIpc) is 3.17. The molecule has 286 valence electrons. The molecule has 4 aliphatic heterocycles. The normalized spacial score (nSPS) is 21.8. The van der Waals surface area contributed by atoms with Crippen molar-refractivity contribution in [3.05, 3.63) is 87.5 Å². The van der Waals surface area contributed by atoms with Crippen LogP contribution >= 0.6 is 0 Å². The summed E-state index contributed by atoms with van der Waals surface area (Å²) in [6.07, 6.45) is 3.76. The lowest BCUT2D eigenvalue weighted by Crippen LogP contribution is -2.41. The zero-order valence-electron chi connectivity index (χ0n) is 30.2. The van der Waals surface area contributed by atoms with E-state index in [1.54, 1.807) is 18.2 Å². The van der Waals surface area contributed by atoms with Crippen LogP contribution in [0.25, 0.3) is 5.57 Å². The number of hydrogen-bond donors (Lipinski definition) is 2. The molecule has 53 heavy (non-hydrogen) atoms. The number of allylic oxidation sites excluding steroid dienone is 3. The Morgan fingerprint density at radius 3 is 1.43 bits per heavy atom. The van der Waals surface area contributed by atoms with Crippen LogP contribution in [0.2, 0.25) is 0 Å². The summed E-state index contributed by atoms with van der Waals surface area (Å²) < 4.78 is 59.0. The standard InChI is InChI=1S/C39H50N4O9S/c44-38-31(25-40-5-13-49-14-6-40)21-29(22-32(38)26-41-7-15-50-16-8-41)37(35-3-1-2-4-36(35)53(46,47)48)30-23-33(27-42-9-17-51-18-10-42)39(45)34(24-30)28-43-11-19-52-20-12-43/h1-4,21-24,44H,5-20,25-28H2,(H,46,47,48). The summed E-state index contributed by atoms with van der Waals surface area (Å²) in [4.78, 5) is 22.9. The third-order valence-corrected chi connectivity index (χ3v) is 11.4. The fourth-order valence-corrected chi connectivity index (χ4v) is 8.35. The summed E-state index contributed by atoms with van der Waals surface area (Å²) in [5, 5.41) is 11.8. The third-order valence-electron chi connectivity index (χ3n) is 10.5. The van der Waals surface area contributed by atoms with Crippen LogP contribution in [0.15, 0.2) is 70.2 Å². The number of phenolic OH excluding ortho intramolecular Hbond substituents is 1. The summed E-state index contributed by atoms with van der Waals surface area (Å²) in [5.41, 5.74) is 4.82. The smallest absolute Gasteiger partial charge is 0.295 e. The first-order valence-corrected chi connectivity index (χ1v) is 20.0. The fraction of sp³-hybridized carbons (Fsp3) is 0.513. The number of carbonyl (C=O) groups is 1. The van der Waals surface area contributed by atoms with Gasteiger partial charge in [0.25, 0.3) is 10.1 Å². The maximum Gasteiger partial charge on any atom is 0.295 e. The topological polar surface area (TPSA) is 142 Å². The molecular weight excluding hydrogens is 701 g/mol. The van der Waals surface area contributed by atoms with Gasteiger partial charge < -0.3 is 24.1 Å². The van der Waals surface area contributed by atoms with E-state index in [1.807, 2.05) is 24.3 Å². The molecule has 4 heterocycles. The molecule has 0 aromatic heterocycles. The minimum Gasteiger partial charge on any atom is -0.507 e. The second-order valence-electron chi connectivity index (χ2n) is 14.2. The number of rotatable bonds is 11. The van der Waals surface area contributed by atoms with E-state index in [1.165, 1.54) is 6.07 Å². The van der Waals surface area contributed by atoms with Gasteiger partial charge >= 0.3 is 0 Å². The zero-order chi connectivity index (χ0) is 36.8. The van der Waals surface area contributed by atoms with Gasteiger partial charge in [-0.15, -0.1) is 0 Å². The van der Waals surface area contributed by atoms with E-state index in [0.29, 0.717) is 176 Å². The highest BCUT2D eigenvalue weighted by Gasteiger charge is 2.29. The number of aromatic hydroxyl groups is 1. The molecule has 4 saturated heterocycles. The Morgan fingerprint density at radius 2 is 1.02 bits per heavy atom. The van der Waals surface area contributed by atoms with E-state index < -0.39 is 10.1 Å². The number of nitrogens with zero attached hydrogens (tertiary/aromatic N) is 4. The number of Topliss-reactive ketones (excluding diaryl/α,β-unsaturated/α-hetero) is 1. The van der Waals surface area contributed by atoms with Gasteiger partial charge in [-0.05, 0) is 47.1 Å². The van der Waals surface area contributed by atoms with Crippen LogP contribution in [0.3, 0.4) is 0 Å². The van der Waals surface area contributed by atoms with Gasteiger partial charge in [0.2, 0.25) is 0 Å². The Balaban J connectivity index is 1.43. The molecule has 5 aliphatic rings. The van der Waals surface area contributed by atoms with Crippen molar-refractivity contribution in [1.82, 2.24) is 19.6 Å². The van der Waals surface area contributed by atoms with Crippen molar-refractivity contribution in [3.63, 3.8) is 0 Å². The number of phenols is 1. The highest BCUT2D eigenvalue weighted by Crippen LogP contribution is 2.39. The molecule has 0 atom stereocenters. The summed E-state index contributed by atoms with van der Waals surface area (Å²) in [6.45, 7) is 12.1. The maximum absolute atomic E-state index is 14.3. The van der Waals surface area contributed by atoms with Crippen LogP contribution in [0.4, 0.5) is 0 Å². The number of ether oxygens (including phenoxy) is 4. The Labute approximate surface area is 311 Å². The fourth-order valence-electron chi connectivity index (χ4n) is 7.66. The van der Waals surface area contributed by atoms with E-state index in [9.17, 15) is 22.9 Å². The lowest BCUT2D eigenvalue weighted by Gasteiger charge is -2.31. The Bertz CT molecular complexity index is 1750. The van der Waals surface area contributed by atoms with Gasteiger partial charge in [-0.25, -0.2) is 0 Å². The molecule has 0 amide bonds. The van der Waals surface area contributed by atoms with Crippen LogP contribution in [0.5, 0.6) is 5.75 Å². The van der Waals surface area contributed by atoms with Gasteiger partial charge in [-0.3, -0.25) is 28.9 Å². The second kappa shape index (κ2) is 17.5. The first-order valence-electron chi connectivity index (χ1n) is 18.6. The molecule has 0 saturated carbocycles. The van der Waals surface area contributed by atoms with Crippen molar-refractivity contribution in [2.24, 2.45) is 0 Å². The SMILES string of the molecule is O=C1C(CN2CCOCC2)=CC(=C(c2cc(CN3CCOCC3)c(O)c(CN3CCOCC3)c2)c2ccccc2S(=O)(=O)O)C=C1CN1CCOCC1. The van der Waals surface area contributed by atoms with E-state index in [0.717, 1.165) is 0 Å². The van der Waals surface area contributed by atoms with Crippen molar-refractivity contribution in [2.45, 2.75) is 18.0 Å². The minimum atomic E-state index is -4.66. The predicted octanol–water partition coefficient (Wildman–Crippen LogP) is 2.21. The molecule has 0 spiro atoms. The number of ketones is 1. The highest BCUT2D eigenvalue weighted by molar-refractivity contribution is 7.86. The van der Waals surface area contributed by atoms with E-state index in [4.69, 9.17) is 18.9 Å². The summed E-state index contributed by atoms with van der Waals surface area (Å²) in [5.74, 6) is 0.158. The molecule has 2 aromatic carbocycles. The molecule has 2 aromatic rings. The molecule has 0 unspecified atom stereocenters. The first kappa shape index (κ1) is 38.0. The van der Waals surface area contributed by atoms with Crippen LogP contribution in [-0.2, 0) is 46.9 Å². The second-order valence-corrected chi connectivity index (χ2v) is 15.6. The van der Waals surface area contributed by atoms with E-state index in [2.05, 4.69) is 19.6 Å². The molecule has 4 fully saturated rings. The Hall–Kier alpha value is -3.28. The number of morpholine rings is 4. The lowest BCUT2D eigenvalue weighted by molar-refractivity contribution is -0.113. The van der Waals surface area contributed by atoms with Crippen molar-refractivity contribution < 1.29 is 41.8 Å². The molecule has 7 rings (SSSR count). The summed E-state index contributed by atoms with van der Waals surface area (Å²) in [6, 6.07) is 10.3. The van der Waals surface area contributed by atoms with Crippen LogP contribution in [-0.4, -0.2) is 162 Å². The van der Waals surface area contributed by atoms with Crippen LogP contribution in [0.1, 0.15) is 22.3 Å². The van der Waals surface area contributed by atoms with Crippen LogP contribution < -0.4 is 0 Å². The number of hydrogen-bond acceptors (Lipinski definition) is 12. The molecule has 0 bridgehead atoms. The van der Waals surface area contributed by atoms with Gasteiger partial charge in [-0.1, -0.05) is 18.2 Å². The van der Waals surface area contributed by atoms with E-state index >= 15 is 0 Å². The molecular formula is C39H50N4O9S. The van der Waals surface area contributed by atoms with Gasteiger partial charge in [0.1, 0.15) is 10.6 Å². The maximum atomic E-state index is 14.3. The van der Waals surface area contributed by atoms with Gasteiger partial charge in [0, 0.05) is 106 Å². The van der Waals surface area contributed by atoms with Crippen molar-refractivity contribution in [2.75, 3.05) is 118 Å². The molecule has 13 nitrogen and oxygen atoms in total. The average molecular weight is 751 g/mol.